The lowest BCUT2D eigenvalue weighted by atomic mass is 9.88. The fourth-order valence-electron chi connectivity index (χ4n) is 6.72. The number of aromatic nitrogens is 1. The van der Waals surface area contributed by atoms with Crippen LogP contribution in [-0.4, -0.2) is 52.9 Å². The highest BCUT2D eigenvalue weighted by Gasteiger charge is 2.27. The topological polar surface area (TPSA) is 45.6 Å². The van der Waals surface area contributed by atoms with Crippen LogP contribution in [-0.2, 0) is 25.9 Å². The second-order valence-electron chi connectivity index (χ2n) is 11.5. The van der Waals surface area contributed by atoms with Gasteiger partial charge in [-0.25, -0.2) is 4.39 Å². The van der Waals surface area contributed by atoms with Crippen molar-refractivity contribution in [3.8, 4) is 0 Å². The summed E-state index contributed by atoms with van der Waals surface area (Å²) in [6, 6.07) is 12.6. The molecule has 3 aromatic rings. The van der Waals surface area contributed by atoms with E-state index in [2.05, 4.69) is 28.0 Å². The Hall–Kier alpha value is -2.83. The quantitative estimate of drug-likeness (QED) is 0.405. The predicted octanol–water partition coefficient (Wildman–Crippen LogP) is 5.21. The van der Waals surface area contributed by atoms with Crippen molar-refractivity contribution in [1.29, 1.82) is 0 Å². The maximum Gasteiger partial charge on any atom is 0.255 e. The third-order valence-electron chi connectivity index (χ3n) is 8.95. The third-order valence-corrected chi connectivity index (χ3v) is 8.95. The maximum atomic E-state index is 13.8. The number of aryl methyl sites for hydroxylation is 2. The van der Waals surface area contributed by atoms with Crippen LogP contribution in [0.15, 0.2) is 47.3 Å². The molecule has 0 unspecified atom stereocenters. The highest BCUT2D eigenvalue weighted by atomic mass is 19.1. The molecule has 0 bridgehead atoms. The number of hydrogen-bond acceptors (Lipinski definition) is 4. The summed E-state index contributed by atoms with van der Waals surface area (Å²) in [6.45, 7) is 6.11. The van der Waals surface area contributed by atoms with Gasteiger partial charge in [0.25, 0.3) is 5.56 Å². The van der Waals surface area contributed by atoms with Crippen LogP contribution < -0.4 is 5.56 Å². The first-order valence-corrected chi connectivity index (χ1v) is 14.5. The number of Topliss-reactive ketones (excluding diaryl/α,β-unsaturated/α-hetero) is 1. The van der Waals surface area contributed by atoms with E-state index >= 15 is 0 Å². The lowest BCUT2D eigenvalue weighted by molar-refractivity contribution is 0.0834. The molecular weight excluding hydrogens is 477 g/mol. The smallest absolute Gasteiger partial charge is 0.255 e. The first-order chi connectivity index (χ1) is 18.5. The summed E-state index contributed by atoms with van der Waals surface area (Å²) in [6.07, 6.45) is 8.78. The second-order valence-corrected chi connectivity index (χ2v) is 11.5. The Morgan fingerprint density at radius 2 is 1.53 bits per heavy atom. The number of rotatable bonds is 7. The molecule has 2 saturated heterocycles. The van der Waals surface area contributed by atoms with Crippen molar-refractivity contribution in [3.63, 3.8) is 0 Å². The highest BCUT2D eigenvalue weighted by Crippen LogP contribution is 2.28. The number of fused-ring (bicyclic) bond motifs is 2. The van der Waals surface area contributed by atoms with Gasteiger partial charge in [0.2, 0.25) is 0 Å². The lowest BCUT2D eigenvalue weighted by Gasteiger charge is -2.31. The second kappa shape index (κ2) is 11.1. The number of hydrogen-bond donors (Lipinski definition) is 0. The third kappa shape index (κ3) is 5.34. The Morgan fingerprint density at radius 3 is 2.26 bits per heavy atom. The van der Waals surface area contributed by atoms with Crippen LogP contribution in [0.3, 0.4) is 0 Å². The van der Waals surface area contributed by atoms with Gasteiger partial charge in [-0.2, -0.15) is 0 Å². The monoisotopic (exact) mass is 515 g/mol. The number of carbonyl (C=O) groups excluding carboxylic acids is 1. The van der Waals surface area contributed by atoms with Gasteiger partial charge in [-0.1, -0.05) is 6.42 Å². The molecule has 0 spiro atoms. The molecule has 1 aromatic heterocycles. The molecule has 2 aromatic carbocycles. The van der Waals surface area contributed by atoms with Gasteiger partial charge in [0.1, 0.15) is 5.82 Å². The minimum Gasteiger partial charge on any atom is -0.307 e. The Balaban J connectivity index is 1.20. The van der Waals surface area contributed by atoms with Gasteiger partial charge in [0.15, 0.2) is 5.78 Å². The average Bonchev–Trinajstić information content (AvgIpc) is 3.40. The molecule has 0 atom stereocenters. The van der Waals surface area contributed by atoms with E-state index in [1.807, 2.05) is 4.57 Å². The zero-order chi connectivity index (χ0) is 26.1. The fraction of sp³-hybridized carbons (Fsp3) is 0.500. The standard InChI is InChI=1S/C32H38FN3O2/c33-29-9-7-23(8-10-29)31(37)24-11-15-35(16-12-24)22-28-20-27-19-25-5-4-6-26(25)21-30(27)36(32(28)38)18-17-34-13-2-1-3-14-34/h7-10,19-21,24H,1-6,11-18,22H2. The summed E-state index contributed by atoms with van der Waals surface area (Å²) in [5, 5.41) is 1.18. The van der Waals surface area contributed by atoms with Gasteiger partial charge in [0.05, 0.1) is 5.52 Å². The van der Waals surface area contributed by atoms with E-state index < -0.39 is 0 Å². The zero-order valence-electron chi connectivity index (χ0n) is 22.3. The predicted molar refractivity (Wildman–Crippen MR) is 149 cm³/mol. The van der Waals surface area contributed by atoms with E-state index in [1.54, 1.807) is 12.1 Å². The van der Waals surface area contributed by atoms with E-state index in [1.165, 1.54) is 54.3 Å². The van der Waals surface area contributed by atoms with E-state index in [0.717, 1.165) is 76.0 Å². The molecule has 200 valence electrons. The van der Waals surface area contributed by atoms with E-state index in [4.69, 9.17) is 0 Å². The van der Waals surface area contributed by atoms with Crippen molar-refractivity contribution in [2.75, 3.05) is 32.7 Å². The average molecular weight is 516 g/mol. The number of likely N-dealkylation sites (tertiary alicyclic amines) is 2. The number of piperidine rings is 2. The van der Waals surface area contributed by atoms with Crippen molar-refractivity contribution in [3.05, 3.63) is 80.9 Å². The number of benzene rings is 2. The van der Waals surface area contributed by atoms with Crippen LogP contribution in [0.5, 0.6) is 0 Å². The molecule has 1 aliphatic carbocycles. The maximum absolute atomic E-state index is 13.8. The fourth-order valence-corrected chi connectivity index (χ4v) is 6.72. The molecule has 0 N–H and O–H groups in total. The van der Waals surface area contributed by atoms with Crippen molar-refractivity contribution >= 4 is 16.7 Å². The normalized spacial score (nSPS) is 19.2. The van der Waals surface area contributed by atoms with Crippen molar-refractivity contribution in [2.45, 2.75) is 64.5 Å². The van der Waals surface area contributed by atoms with Gasteiger partial charge < -0.3 is 9.47 Å². The summed E-state index contributed by atoms with van der Waals surface area (Å²) in [5.41, 5.74) is 5.51. The van der Waals surface area contributed by atoms with Crippen LogP contribution in [0.2, 0.25) is 0 Å². The summed E-state index contributed by atoms with van der Waals surface area (Å²) in [7, 11) is 0. The molecular formula is C32H38FN3O2. The van der Waals surface area contributed by atoms with Gasteiger partial charge in [-0.3, -0.25) is 14.5 Å². The number of ketones is 1. The first kappa shape index (κ1) is 25.4. The van der Waals surface area contributed by atoms with Crippen molar-refractivity contribution < 1.29 is 9.18 Å². The van der Waals surface area contributed by atoms with Crippen LogP contribution in [0.4, 0.5) is 4.39 Å². The number of halogens is 1. The van der Waals surface area contributed by atoms with Gasteiger partial charge >= 0.3 is 0 Å². The van der Waals surface area contributed by atoms with E-state index in [0.29, 0.717) is 12.1 Å². The summed E-state index contributed by atoms with van der Waals surface area (Å²) < 4.78 is 15.3. The minimum absolute atomic E-state index is 0.0443. The molecule has 6 heteroatoms. The molecule has 2 fully saturated rings. The van der Waals surface area contributed by atoms with Crippen molar-refractivity contribution in [1.82, 2.24) is 14.4 Å². The van der Waals surface area contributed by atoms with Crippen LogP contribution in [0.25, 0.3) is 10.9 Å². The summed E-state index contributed by atoms with van der Waals surface area (Å²) >= 11 is 0. The van der Waals surface area contributed by atoms with Crippen molar-refractivity contribution in [2.24, 2.45) is 5.92 Å². The molecule has 0 saturated carbocycles. The van der Waals surface area contributed by atoms with E-state index in [9.17, 15) is 14.0 Å². The van der Waals surface area contributed by atoms with Crippen LogP contribution in [0, 0.1) is 11.7 Å². The highest BCUT2D eigenvalue weighted by molar-refractivity contribution is 5.97. The first-order valence-electron chi connectivity index (χ1n) is 14.5. The van der Waals surface area contributed by atoms with Crippen LogP contribution in [0.1, 0.15) is 65.6 Å². The molecule has 3 heterocycles. The van der Waals surface area contributed by atoms with E-state index in [-0.39, 0.29) is 23.1 Å². The van der Waals surface area contributed by atoms with Gasteiger partial charge in [-0.15, -0.1) is 0 Å². The molecule has 5 nitrogen and oxygen atoms in total. The number of carbonyl (C=O) groups is 1. The largest absolute Gasteiger partial charge is 0.307 e. The molecule has 0 amide bonds. The molecule has 2 aliphatic heterocycles. The lowest BCUT2D eigenvalue weighted by Crippen LogP contribution is -2.39. The Labute approximate surface area is 224 Å². The van der Waals surface area contributed by atoms with Gasteiger partial charge in [-0.05, 0) is 130 Å². The molecule has 6 rings (SSSR count). The zero-order valence-corrected chi connectivity index (χ0v) is 22.3. The number of nitrogens with zero attached hydrogens (tertiary/aromatic N) is 3. The Morgan fingerprint density at radius 1 is 0.816 bits per heavy atom. The summed E-state index contributed by atoms with van der Waals surface area (Å²) in [4.78, 5) is 31.6. The van der Waals surface area contributed by atoms with Gasteiger partial charge in [0, 0.05) is 36.7 Å². The van der Waals surface area contributed by atoms with Crippen LogP contribution >= 0.6 is 0 Å². The SMILES string of the molecule is O=C(c1ccc(F)cc1)C1CCN(Cc2cc3cc4c(cc3n(CCN3CCCCC3)c2=O)CCC4)CC1. The minimum atomic E-state index is -0.321. The Kier molecular flexibility index (Phi) is 7.44. The number of pyridine rings is 1. The molecule has 3 aliphatic rings. The Bertz CT molecular complexity index is 1370. The summed E-state index contributed by atoms with van der Waals surface area (Å²) in [5.74, 6) is -0.264. The molecule has 0 radical (unpaired) electrons. The molecule has 38 heavy (non-hydrogen) atoms.